The molecule has 1 aliphatic carbocycles. The average molecular weight is 346 g/mol. The Morgan fingerprint density at radius 1 is 1.16 bits per heavy atom. The second-order valence-electron chi connectivity index (χ2n) is 7.48. The van der Waals surface area contributed by atoms with Gasteiger partial charge in [0.15, 0.2) is 11.5 Å². The molecule has 0 bridgehead atoms. The van der Waals surface area contributed by atoms with Crippen LogP contribution in [-0.2, 0) is 9.53 Å². The number of morpholine rings is 1. The Kier molecular flexibility index (Phi) is 4.33. The molecule has 3 aliphatic rings. The van der Waals surface area contributed by atoms with Crippen molar-refractivity contribution in [2.45, 2.75) is 57.5 Å². The molecule has 2 atom stereocenters. The van der Waals surface area contributed by atoms with Crippen LogP contribution in [0.4, 0.5) is 5.69 Å². The summed E-state index contributed by atoms with van der Waals surface area (Å²) in [7, 11) is 0. The smallest absolute Gasteiger partial charge is 0.251 e. The van der Waals surface area contributed by atoms with Crippen molar-refractivity contribution in [1.82, 2.24) is 4.90 Å². The fraction of sp³-hybridized carbons (Fsp3) is 0.632. The van der Waals surface area contributed by atoms with E-state index in [9.17, 15) is 4.79 Å². The first-order chi connectivity index (χ1) is 12.0. The van der Waals surface area contributed by atoms with Gasteiger partial charge in [-0.25, -0.2) is 0 Å². The van der Waals surface area contributed by atoms with Gasteiger partial charge in [-0.2, -0.15) is 0 Å². The van der Waals surface area contributed by atoms with Crippen molar-refractivity contribution in [2.24, 2.45) is 0 Å². The highest BCUT2D eigenvalue weighted by Gasteiger charge is 2.44. The number of ether oxygens (including phenoxy) is 3. The fourth-order valence-corrected chi connectivity index (χ4v) is 4.11. The highest BCUT2D eigenvalue weighted by molar-refractivity contribution is 5.92. The first-order valence-electron chi connectivity index (χ1n) is 9.21. The molecule has 6 nitrogen and oxygen atoms in total. The van der Waals surface area contributed by atoms with Crippen LogP contribution in [0.15, 0.2) is 18.2 Å². The molecule has 1 saturated carbocycles. The second kappa shape index (κ2) is 6.50. The van der Waals surface area contributed by atoms with Gasteiger partial charge in [0.25, 0.3) is 5.79 Å². The third kappa shape index (κ3) is 3.60. The molecule has 0 radical (unpaired) electrons. The number of carbonyl (C=O) groups is 1. The Morgan fingerprint density at radius 3 is 2.56 bits per heavy atom. The molecule has 25 heavy (non-hydrogen) atoms. The molecule has 4 rings (SSSR count). The van der Waals surface area contributed by atoms with E-state index in [1.807, 2.05) is 32.0 Å². The molecular weight excluding hydrogens is 320 g/mol. The summed E-state index contributed by atoms with van der Waals surface area (Å²) in [5, 5.41) is 2.97. The number of nitrogens with zero attached hydrogens (tertiary/aromatic N) is 1. The van der Waals surface area contributed by atoms with Crippen LogP contribution in [0.5, 0.6) is 11.5 Å². The van der Waals surface area contributed by atoms with Gasteiger partial charge in [-0.1, -0.05) is 0 Å². The lowest BCUT2D eigenvalue weighted by atomic mass is 10.2. The molecule has 1 spiro atoms. The van der Waals surface area contributed by atoms with E-state index in [0.717, 1.165) is 56.0 Å². The summed E-state index contributed by atoms with van der Waals surface area (Å²) in [6.07, 6.45) is 4.43. The predicted octanol–water partition coefficient (Wildman–Crippen LogP) is 2.78. The quantitative estimate of drug-likeness (QED) is 0.912. The third-order valence-corrected chi connectivity index (χ3v) is 5.05. The zero-order valence-corrected chi connectivity index (χ0v) is 14.9. The number of benzene rings is 1. The van der Waals surface area contributed by atoms with E-state index in [1.54, 1.807) is 0 Å². The van der Waals surface area contributed by atoms with Crippen molar-refractivity contribution < 1.29 is 19.0 Å². The molecule has 2 fully saturated rings. The Morgan fingerprint density at radius 2 is 1.84 bits per heavy atom. The van der Waals surface area contributed by atoms with Crippen molar-refractivity contribution in [1.29, 1.82) is 0 Å². The van der Waals surface area contributed by atoms with Crippen LogP contribution < -0.4 is 14.8 Å². The number of amides is 1. The first kappa shape index (κ1) is 16.7. The van der Waals surface area contributed by atoms with Gasteiger partial charge in [-0.15, -0.1) is 0 Å². The fourth-order valence-electron chi connectivity index (χ4n) is 4.11. The molecule has 2 heterocycles. The number of rotatable bonds is 3. The van der Waals surface area contributed by atoms with E-state index < -0.39 is 5.79 Å². The highest BCUT2D eigenvalue weighted by Crippen LogP contribution is 2.47. The Bertz CT molecular complexity index is 647. The van der Waals surface area contributed by atoms with Crippen LogP contribution >= 0.6 is 0 Å². The molecule has 1 saturated heterocycles. The van der Waals surface area contributed by atoms with Gasteiger partial charge in [-0.05, 0) is 38.8 Å². The normalized spacial score (nSPS) is 27.6. The maximum absolute atomic E-state index is 12.4. The van der Waals surface area contributed by atoms with Crippen molar-refractivity contribution in [3.05, 3.63) is 18.2 Å². The average Bonchev–Trinajstić information content (AvgIpc) is 3.12. The molecular formula is C19H26N2O4. The van der Waals surface area contributed by atoms with Gasteiger partial charge in [0, 0.05) is 37.7 Å². The van der Waals surface area contributed by atoms with Gasteiger partial charge in [0.05, 0.1) is 18.8 Å². The van der Waals surface area contributed by atoms with Crippen LogP contribution in [0.2, 0.25) is 0 Å². The molecule has 1 amide bonds. The van der Waals surface area contributed by atoms with Crippen molar-refractivity contribution in [3.8, 4) is 11.5 Å². The summed E-state index contributed by atoms with van der Waals surface area (Å²) in [5.74, 6) is 1.02. The number of hydrogen-bond donors (Lipinski definition) is 1. The van der Waals surface area contributed by atoms with Gasteiger partial charge in [-0.3, -0.25) is 9.69 Å². The van der Waals surface area contributed by atoms with Crippen LogP contribution in [-0.4, -0.2) is 48.4 Å². The van der Waals surface area contributed by atoms with E-state index >= 15 is 0 Å². The Hall–Kier alpha value is -1.79. The number of carbonyl (C=O) groups excluding carboxylic acids is 1. The lowest BCUT2D eigenvalue weighted by molar-refractivity contribution is -0.121. The molecule has 6 heteroatoms. The second-order valence-corrected chi connectivity index (χ2v) is 7.48. The molecule has 0 unspecified atom stereocenters. The summed E-state index contributed by atoms with van der Waals surface area (Å²) >= 11 is 0. The molecule has 1 aromatic carbocycles. The lowest BCUT2D eigenvalue weighted by Gasteiger charge is -2.34. The SMILES string of the molecule is C[C@@H]1CN(CC(=O)Nc2ccc3c(c2)OC2(CCCC2)O3)C[C@@H](C)O1. The molecule has 1 N–H and O–H groups in total. The monoisotopic (exact) mass is 346 g/mol. The van der Waals surface area contributed by atoms with Gasteiger partial charge < -0.3 is 19.5 Å². The van der Waals surface area contributed by atoms with Crippen molar-refractivity contribution in [2.75, 3.05) is 25.0 Å². The summed E-state index contributed by atoms with van der Waals surface area (Å²) in [6, 6.07) is 5.63. The largest absolute Gasteiger partial charge is 0.448 e. The maximum atomic E-state index is 12.4. The molecule has 0 aromatic heterocycles. The van der Waals surface area contributed by atoms with Crippen LogP contribution in [0.25, 0.3) is 0 Å². The molecule has 2 aliphatic heterocycles. The van der Waals surface area contributed by atoms with E-state index in [0.29, 0.717) is 6.54 Å². The van der Waals surface area contributed by atoms with E-state index in [2.05, 4.69) is 10.2 Å². The number of nitrogens with one attached hydrogen (secondary N) is 1. The van der Waals surface area contributed by atoms with Crippen LogP contribution in [0.1, 0.15) is 39.5 Å². The van der Waals surface area contributed by atoms with Gasteiger partial charge >= 0.3 is 0 Å². The maximum Gasteiger partial charge on any atom is 0.251 e. The minimum absolute atomic E-state index is 0.0178. The van der Waals surface area contributed by atoms with E-state index in [1.165, 1.54) is 0 Å². The van der Waals surface area contributed by atoms with Gasteiger partial charge in [0.2, 0.25) is 5.91 Å². The zero-order valence-electron chi connectivity index (χ0n) is 14.9. The van der Waals surface area contributed by atoms with Crippen LogP contribution in [0, 0.1) is 0 Å². The molecule has 136 valence electrons. The highest BCUT2D eigenvalue weighted by atomic mass is 16.7. The van der Waals surface area contributed by atoms with Crippen molar-refractivity contribution >= 4 is 11.6 Å². The summed E-state index contributed by atoms with van der Waals surface area (Å²) in [6.45, 7) is 6.01. The first-order valence-corrected chi connectivity index (χ1v) is 9.21. The number of anilines is 1. The Labute approximate surface area is 148 Å². The standard InChI is InChI=1S/C19H26N2O4/c1-13-10-21(11-14(2)23-13)12-18(22)20-15-5-6-16-17(9-15)25-19(24-16)7-3-4-8-19/h5-6,9,13-14H,3-4,7-8,10-12H2,1-2H3,(H,20,22)/t13-,14-/m1/s1. The summed E-state index contributed by atoms with van der Waals surface area (Å²) in [4.78, 5) is 14.5. The number of fused-ring (bicyclic) bond motifs is 1. The third-order valence-electron chi connectivity index (χ3n) is 5.05. The number of hydrogen-bond acceptors (Lipinski definition) is 5. The lowest BCUT2D eigenvalue weighted by Crippen LogP contribution is -2.48. The molecule has 1 aromatic rings. The van der Waals surface area contributed by atoms with Crippen molar-refractivity contribution in [3.63, 3.8) is 0 Å². The minimum Gasteiger partial charge on any atom is -0.448 e. The Balaban J connectivity index is 1.36. The van der Waals surface area contributed by atoms with E-state index in [-0.39, 0.29) is 18.1 Å². The van der Waals surface area contributed by atoms with Crippen LogP contribution in [0.3, 0.4) is 0 Å². The topological polar surface area (TPSA) is 60.0 Å². The van der Waals surface area contributed by atoms with E-state index in [4.69, 9.17) is 14.2 Å². The zero-order chi connectivity index (χ0) is 17.4. The predicted molar refractivity (Wildman–Crippen MR) is 94.0 cm³/mol. The van der Waals surface area contributed by atoms with Gasteiger partial charge in [0.1, 0.15) is 0 Å². The summed E-state index contributed by atoms with van der Waals surface area (Å²) in [5.41, 5.74) is 0.747. The summed E-state index contributed by atoms with van der Waals surface area (Å²) < 4.78 is 17.8. The minimum atomic E-state index is -0.467.